The fourth-order valence-electron chi connectivity index (χ4n) is 2.40. The maximum absolute atomic E-state index is 5.57. The summed E-state index contributed by atoms with van der Waals surface area (Å²) in [7, 11) is 2.05. The molecule has 0 aromatic heterocycles. The summed E-state index contributed by atoms with van der Waals surface area (Å²) in [5.41, 5.74) is 1.35. The van der Waals surface area contributed by atoms with Gasteiger partial charge in [-0.1, -0.05) is 12.1 Å². The van der Waals surface area contributed by atoms with Crippen molar-refractivity contribution in [2.45, 2.75) is 31.1 Å². The van der Waals surface area contributed by atoms with Crippen molar-refractivity contribution in [1.29, 1.82) is 0 Å². The van der Waals surface area contributed by atoms with Crippen LogP contribution in [0.25, 0.3) is 0 Å². The lowest BCUT2D eigenvalue weighted by Crippen LogP contribution is -2.25. The second-order valence-corrected chi connectivity index (χ2v) is 5.67. The molecule has 3 heteroatoms. The Balaban J connectivity index is 2.14. The van der Waals surface area contributed by atoms with E-state index >= 15 is 0 Å². The fraction of sp³-hybridized carbons (Fsp3) is 0.571. The van der Waals surface area contributed by atoms with Crippen LogP contribution in [0.2, 0.25) is 0 Å². The number of rotatable bonds is 5. The van der Waals surface area contributed by atoms with E-state index in [2.05, 4.69) is 42.3 Å². The zero-order chi connectivity index (χ0) is 12.1. The Hall–Kier alpha value is -0.670. The quantitative estimate of drug-likeness (QED) is 0.868. The van der Waals surface area contributed by atoms with Crippen LogP contribution in [0.5, 0.6) is 5.75 Å². The zero-order valence-corrected chi connectivity index (χ0v) is 11.4. The summed E-state index contributed by atoms with van der Waals surface area (Å²) >= 11 is 2.09. The molecule has 1 heterocycles. The Morgan fingerprint density at radius 1 is 1.53 bits per heavy atom. The summed E-state index contributed by atoms with van der Waals surface area (Å²) in [6.45, 7) is 2.75. The normalized spacial score (nSPS) is 21.4. The van der Waals surface area contributed by atoms with Crippen LogP contribution in [0.15, 0.2) is 24.3 Å². The Labute approximate surface area is 108 Å². The summed E-state index contributed by atoms with van der Waals surface area (Å²) < 4.78 is 5.57. The van der Waals surface area contributed by atoms with Crippen molar-refractivity contribution in [2.75, 3.05) is 19.4 Å². The molecule has 2 atom stereocenters. The number of thioether (sulfide) groups is 1. The third-order valence-corrected chi connectivity index (χ3v) is 4.64. The predicted octanol–water partition coefficient (Wildman–Crippen LogP) is 3.24. The molecule has 17 heavy (non-hydrogen) atoms. The predicted molar refractivity (Wildman–Crippen MR) is 74.9 cm³/mol. The van der Waals surface area contributed by atoms with E-state index in [1.807, 2.05) is 13.0 Å². The SMILES string of the molecule is CCOc1cccc(C(NC)C2CCCS2)c1. The highest BCUT2D eigenvalue weighted by molar-refractivity contribution is 8.00. The van der Waals surface area contributed by atoms with E-state index in [9.17, 15) is 0 Å². The van der Waals surface area contributed by atoms with Gasteiger partial charge in [-0.25, -0.2) is 0 Å². The van der Waals surface area contributed by atoms with Crippen LogP contribution in [0.3, 0.4) is 0 Å². The zero-order valence-electron chi connectivity index (χ0n) is 10.6. The lowest BCUT2D eigenvalue weighted by Gasteiger charge is -2.23. The van der Waals surface area contributed by atoms with E-state index in [-0.39, 0.29) is 0 Å². The van der Waals surface area contributed by atoms with Gasteiger partial charge in [0.15, 0.2) is 0 Å². The van der Waals surface area contributed by atoms with Gasteiger partial charge in [0, 0.05) is 11.3 Å². The van der Waals surface area contributed by atoms with Crippen LogP contribution in [-0.4, -0.2) is 24.7 Å². The van der Waals surface area contributed by atoms with Gasteiger partial charge in [0.1, 0.15) is 5.75 Å². The van der Waals surface area contributed by atoms with Crippen LogP contribution in [0.4, 0.5) is 0 Å². The Morgan fingerprint density at radius 3 is 3.06 bits per heavy atom. The van der Waals surface area contributed by atoms with Crippen LogP contribution in [0, 0.1) is 0 Å². The first kappa shape index (κ1) is 12.8. The average molecular weight is 251 g/mol. The van der Waals surface area contributed by atoms with Crippen LogP contribution >= 0.6 is 11.8 Å². The van der Waals surface area contributed by atoms with E-state index in [1.54, 1.807) is 0 Å². The molecule has 2 rings (SSSR count). The van der Waals surface area contributed by atoms with Crippen molar-refractivity contribution in [3.05, 3.63) is 29.8 Å². The van der Waals surface area contributed by atoms with Crippen LogP contribution in [0.1, 0.15) is 31.4 Å². The fourth-order valence-corrected chi connectivity index (χ4v) is 3.85. The lowest BCUT2D eigenvalue weighted by molar-refractivity contribution is 0.339. The topological polar surface area (TPSA) is 21.3 Å². The van der Waals surface area contributed by atoms with Crippen molar-refractivity contribution in [3.8, 4) is 5.75 Å². The van der Waals surface area contributed by atoms with Gasteiger partial charge in [-0.3, -0.25) is 0 Å². The van der Waals surface area contributed by atoms with Gasteiger partial charge in [0.25, 0.3) is 0 Å². The molecule has 94 valence electrons. The first-order valence-electron chi connectivity index (χ1n) is 6.36. The molecular weight excluding hydrogens is 230 g/mol. The summed E-state index contributed by atoms with van der Waals surface area (Å²) in [5, 5.41) is 4.16. The molecule has 0 aliphatic carbocycles. The van der Waals surface area contributed by atoms with E-state index in [1.165, 1.54) is 24.2 Å². The first-order chi connectivity index (χ1) is 8.35. The first-order valence-corrected chi connectivity index (χ1v) is 7.41. The van der Waals surface area contributed by atoms with E-state index in [4.69, 9.17) is 4.74 Å². The number of nitrogens with one attached hydrogen (secondary N) is 1. The molecule has 2 nitrogen and oxygen atoms in total. The molecule has 2 unspecified atom stereocenters. The molecule has 1 fully saturated rings. The van der Waals surface area contributed by atoms with Crippen molar-refractivity contribution < 1.29 is 4.74 Å². The molecule has 0 radical (unpaired) electrons. The standard InChI is InChI=1S/C14H21NOS/c1-3-16-12-7-4-6-11(10-12)14(15-2)13-8-5-9-17-13/h4,6-7,10,13-15H,3,5,8-9H2,1-2H3. The van der Waals surface area contributed by atoms with Gasteiger partial charge >= 0.3 is 0 Å². The molecule has 1 N–H and O–H groups in total. The summed E-state index contributed by atoms with van der Waals surface area (Å²) in [4.78, 5) is 0. The molecule has 1 aliphatic rings. The van der Waals surface area contributed by atoms with Crippen LogP contribution in [-0.2, 0) is 0 Å². The minimum Gasteiger partial charge on any atom is -0.494 e. The van der Waals surface area contributed by atoms with Crippen molar-refractivity contribution >= 4 is 11.8 Å². The molecule has 0 amide bonds. The van der Waals surface area contributed by atoms with Crippen molar-refractivity contribution in [1.82, 2.24) is 5.32 Å². The van der Waals surface area contributed by atoms with Crippen molar-refractivity contribution in [3.63, 3.8) is 0 Å². The lowest BCUT2D eigenvalue weighted by atomic mass is 10.0. The van der Waals surface area contributed by atoms with E-state index < -0.39 is 0 Å². The largest absolute Gasteiger partial charge is 0.494 e. The average Bonchev–Trinajstić information content (AvgIpc) is 2.85. The molecule has 1 aromatic carbocycles. The maximum Gasteiger partial charge on any atom is 0.119 e. The van der Waals surface area contributed by atoms with Gasteiger partial charge in [0.2, 0.25) is 0 Å². The highest BCUT2D eigenvalue weighted by Gasteiger charge is 2.25. The smallest absolute Gasteiger partial charge is 0.119 e. The number of ether oxygens (including phenoxy) is 1. The van der Waals surface area contributed by atoms with Crippen LogP contribution < -0.4 is 10.1 Å². The summed E-state index contributed by atoms with van der Waals surface area (Å²) in [6, 6.07) is 8.93. The second-order valence-electron chi connectivity index (χ2n) is 4.32. The van der Waals surface area contributed by atoms with Gasteiger partial charge in [-0.05, 0) is 50.3 Å². The van der Waals surface area contributed by atoms with E-state index in [0.29, 0.717) is 11.3 Å². The maximum atomic E-state index is 5.57. The molecule has 1 aliphatic heterocycles. The number of benzene rings is 1. The number of hydrogen-bond acceptors (Lipinski definition) is 3. The van der Waals surface area contributed by atoms with Gasteiger partial charge in [0.05, 0.1) is 6.61 Å². The van der Waals surface area contributed by atoms with Gasteiger partial charge < -0.3 is 10.1 Å². The Morgan fingerprint density at radius 2 is 2.41 bits per heavy atom. The Kier molecular flexibility index (Phi) is 4.75. The van der Waals surface area contributed by atoms with Gasteiger partial charge in [-0.15, -0.1) is 0 Å². The molecule has 1 aromatic rings. The minimum absolute atomic E-state index is 0.447. The van der Waals surface area contributed by atoms with E-state index in [0.717, 1.165) is 12.4 Å². The molecule has 0 bridgehead atoms. The van der Waals surface area contributed by atoms with Crippen molar-refractivity contribution in [2.24, 2.45) is 0 Å². The van der Waals surface area contributed by atoms with Gasteiger partial charge in [-0.2, -0.15) is 11.8 Å². The molecular formula is C14H21NOS. The third-order valence-electron chi connectivity index (χ3n) is 3.18. The highest BCUT2D eigenvalue weighted by atomic mass is 32.2. The third kappa shape index (κ3) is 3.17. The molecule has 0 saturated carbocycles. The minimum atomic E-state index is 0.447. The molecule has 1 saturated heterocycles. The second kappa shape index (κ2) is 6.31. The molecule has 0 spiro atoms. The Bertz CT molecular complexity index is 350. The summed E-state index contributed by atoms with van der Waals surface area (Å²) in [6.07, 6.45) is 2.66. The monoisotopic (exact) mass is 251 g/mol. The summed E-state index contributed by atoms with van der Waals surface area (Å²) in [5.74, 6) is 2.28. The number of hydrogen-bond donors (Lipinski definition) is 1. The highest BCUT2D eigenvalue weighted by Crippen LogP contribution is 2.36.